The Morgan fingerprint density at radius 1 is 1.19 bits per heavy atom. The molecule has 2 atom stereocenters. The van der Waals surface area contributed by atoms with Crippen molar-refractivity contribution in [3.63, 3.8) is 0 Å². The first kappa shape index (κ1) is 25.3. The van der Waals surface area contributed by atoms with Crippen LogP contribution in [0, 0.1) is 0 Å². The van der Waals surface area contributed by atoms with E-state index < -0.39 is 11.9 Å². The van der Waals surface area contributed by atoms with Gasteiger partial charge in [0.1, 0.15) is 11.5 Å². The number of pyridine rings is 2. The summed E-state index contributed by atoms with van der Waals surface area (Å²) < 4.78 is 14.7. The summed E-state index contributed by atoms with van der Waals surface area (Å²) in [4.78, 5) is 11.1. The fraction of sp³-hybridized carbons (Fsp3) is 0.379. The van der Waals surface area contributed by atoms with Gasteiger partial charge in [0.2, 0.25) is 0 Å². The van der Waals surface area contributed by atoms with Crippen molar-refractivity contribution in [2.75, 3.05) is 31.0 Å². The normalized spacial score (nSPS) is 19.6. The van der Waals surface area contributed by atoms with Crippen LogP contribution in [0.25, 0.3) is 0 Å². The molecule has 194 valence electrons. The van der Waals surface area contributed by atoms with E-state index in [9.17, 15) is 9.50 Å². The zero-order valence-electron chi connectivity index (χ0n) is 21.9. The predicted octanol–water partition coefficient (Wildman–Crippen LogP) is 5.39. The quantitative estimate of drug-likeness (QED) is 0.420. The topological polar surface area (TPSA) is 67.8 Å². The summed E-state index contributed by atoms with van der Waals surface area (Å²) in [5, 5.41) is 18.2. The van der Waals surface area contributed by atoms with Gasteiger partial charge >= 0.3 is 0 Å². The number of halogens is 1. The van der Waals surface area contributed by atoms with Gasteiger partial charge in [0.25, 0.3) is 0 Å². The molecule has 2 aromatic heterocycles. The average molecular weight is 503 g/mol. The first-order valence-corrected chi connectivity index (χ1v) is 12.7. The molecule has 0 amide bonds. The number of aliphatic hydroxyl groups is 1. The Kier molecular flexibility index (Phi) is 6.74. The zero-order valence-corrected chi connectivity index (χ0v) is 21.9. The monoisotopic (exact) mass is 502 g/mol. The summed E-state index contributed by atoms with van der Waals surface area (Å²) in [5.74, 6) is 0.665. The molecule has 3 aromatic rings. The highest BCUT2D eigenvalue weighted by atomic mass is 19.1. The van der Waals surface area contributed by atoms with Crippen molar-refractivity contribution in [3.8, 4) is 0 Å². The highest BCUT2D eigenvalue weighted by Gasteiger charge is 2.37. The van der Waals surface area contributed by atoms with Crippen molar-refractivity contribution < 1.29 is 9.50 Å². The highest BCUT2D eigenvalue weighted by Crippen LogP contribution is 2.44. The summed E-state index contributed by atoms with van der Waals surface area (Å²) in [6, 6.07) is 12.5. The first-order valence-electron chi connectivity index (χ1n) is 12.7. The van der Waals surface area contributed by atoms with E-state index in [1.54, 1.807) is 29.5 Å². The minimum atomic E-state index is -1.59. The Bertz CT molecular complexity index is 1300. The number of benzene rings is 1. The van der Waals surface area contributed by atoms with E-state index >= 15 is 0 Å². The lowest BCUT2D eigenvalue weighted by Gasteiger charge is -2.31. The van der Waals surface area contributed by atoms with Crippen molar-refractivity contribution >= 4 is 22.9 Å². The average Bonchev–Trinajstić information content (AvgIpc) is 3.14. The number of nitrogens with zero attached hydrogens (tertiary/aromatic N) is 5. The van der Waals surface area contributed by atoms with E-state index in [1.165, 1.54) is 25.0 Å². The summed E-state index contributed by atoms with van der Waals surface area (Å²) in [7, 11) is 4.29. The van der Waals surface area contributed by atoms with Gasteiger partial charge in [0.05, 0.1) is 17.1 Å². The molecule has 1 aliphatic carbocycles. The molecular formula is C29H35FN6O. The Morgan fingerprint density at radius 3 is 2.73 bits per heavy atom. The van der Waals surface area contributed by atoms with Gasteiger partial charge in [-0.2, -0.15) is 5.01 Å². The van der Waals surface area contributed by atoms with E-state index in [1.807, 2.05) is 17.1 Å². The van der Waals surface area contributed by atoms with Crippen LogP contribution in [-0.2, 0) is 18.5 Å². The maximum atomic E-state index is 14.7. The number of aromatic nitrogens is 2. The molecule has 0 bridgehead atoms. The number of aryl methyl sites for hydroxylation is 1. The maximum Gasteiger partial charge on any atom is 0.154 e. The molecule has 7 nitrogen and oxygen atoms in total. The third-order valence-electron chi connectivity index (χ3n) is 7.28. The van der Waals surface area contributed by atoms with Crippen LogP contribution in [0.3, 0.4) is 0 Å². The molecule has 37 heavy (non-hydrogen) atoms. The van der Waals surface area contributed by atoms with Gasteiger partial charge in [-0.3, -0.25) is 9.99 Å². The number of nitrogens with one attached hydrogen (secondary N) is 1. The van der Waals surface area contributed by atoms with Gasteiger partial charge in [-0.05, 0) is 82.6 Å². The zero-order chi connectivity index (χ0) is 26.3. The number of fused-ring (bicyclic) bond motifs is 2. The SMILES string of the molecule is C=CCN1C(O)c2cnc(Nc3ccc4c(c3)CCC(N(C)C)C4)cc2N1c1ccnc(C(C)(C)F)c1. The number of hydrogen-bond acceptors (Lipinski definition) is 7. The molecule has 0 spiro atoms. The van der Waals surface area contributed by atoms with E-state index in [0.29, 0.717) is 35.3 Å². The summed E-state index contributed by atoms with van der Waals surface area (Å²) >= 11 is 0. The van der Waals surface area contributed by atoms with Crippen molar-refractivity contribution in [2.45, 2.75) is 51.0 Å². The third-order valence-corrected chi connectivity index (χ3v) is 7.28. The fourth-order valence-electron chi connectivity index (χ4n) is 5.19. The predicted molar refractivity (Wildman–Crippen MR) is 146 cm³/mol. The molecule has 0 saturated carbocycles. The Morgan fingerprint density at radius 2 is 2.00 bits per heavy atom. The van der Waals surface area contributed by atoms with Crippen molar-refractivity contribution in [2.24, 2.45) is 0 Å². The molecule has 0 radical (unpaired) electrons. The molecule has 2 unspecified atom stereocenters. The van der Waals surface area contributed by atoms with Gasteiger partial charge in [-0.15, -0.1) is 6.58 Å². The number of anilines is 4. The van der Waals surface area contributed by atoms with Crippen LogP contribution in [0.15, 0.2) is 61.4 Å². The Hall–Kier alpha value is -3.33. The van der Waals surface area contributed by atoms with Crippen LogP contribution in [-0.4, -0.2) is 51.7 Å². The molecule has 0 saturated heterocycles. The molecule has 1 aliphatic heterocycles. The number of rotatable bonds is 7. The van der Waals surface area contributed by atoms with Gasteiger partial charge in [-0.25, -0.2) is 9.37 Å². The molecule has 2 aliphatic rings. The maximum absolute atomic E-state index is 14.7. The fourth-order valence-corrected chi connectivity index (χ4v) is 5.19. The lowest BCUT2D eigenvalue weighted by Crippen LogP contribution is -2.36. The van der Waals surface area contributed by atoms with Gasteiger partial charge in [-0.1, -0.05) is 12.1 Å². The molecule has 3 heterocycles. The molecule has 2 N–H and O–H groups in total. The van der Waals surface area contributed by atoms with E-state index in [-0.39, 0.29) is 0 Å². The lowest BCUT2D eigenvalue weighted by atomic mass is 9.87. The molecule has 1 aromatic carbocycles. The summed E-state index contributed by atoms with van der Waals surface area (Å²) in [6.07, 6.45) is 7.38. The third kappa shape index (κ3) is 4.97. The van der Waals surface area contributed by atoms with E-state index in [4.69, 9.17) is 0 Å². The second-order valence-corrected chi connectivity index (χ2v) is 10.6. The second kappa shape index (κ2) is 9.85. The van der Waals surface area contributed by atoms with Crippen LogP contribution < -0.4 is 10.3 Å². The van der Waals surface area contributed by atoms with Crippen LogP contribution in [0.1, 0.15) is 48.9 Å². The van der Waals surface area contributed by atoms with Gasteiger partial charge in [0, 0.05) is 42.3 Å². The van der Waals surface area contributed by atoms with E-state index in [0.717, 1.165) is 30.6 Å². The van der Waals surface area contributed by atoms with Crippen molar-refractivity contribution in [1.29, 1.82) is 0 Å². The molecule has 0 fully saturated rings. The standard InChI is InChI=1S/C29H35FN6O/c1-6-13-35-28(37)24-18-32-27(17-25(24)36(35)23-11-12-31-26(16-23)29(2,3)30)33-21-9-7-20-15-22(34(4)5)10-8-19(20)14-21/h6-7,9,11-12,14,16-18,22,28,37H,1,8,10,13,15H2,2-5H3,(H,32,33). The largest absolute Gasteiger partial charge is 0.372 e. The minimum absolute atomic E-state index is 0.324. The van der Waals surface area contributed by atoms with Crippen molar-refractivity contribution in [3.05, 3.63) is 83.8 Å². The number of aliphatic hydroxyl groups excluding tert-OH is 1. The lowest BCUT2D eigenvalue weighted by molar-refractivity contribution is 0.0251. The molecular weight excluding hydrogens is 467 g/mol. The number of hydrogen-bond donors (Lipinski definition) is 2. The highest BCUT2D eigenvalue weighted by molar-refractivity contribution is 5.73. The number of alkyl halides is 1. The summed E-state index contributed by atoms with van der Waals surface area (Å²) in [6.45, 7) is 7.21. The van der Waals surface area contributed by atoms with Crippen LogP contribution in [0.4, 0.5) is 27.3 Å². The first-order chi connectivity index (χ1) is 17.7. The smallest absolute Gasteiger partial charge is 0.154 e. The van der Waals surface area contributed by atoms with Crippen molar-refractivity contribution in [1.82, 2.24) is 19.9 Å². The number of likely N-dealkylation sites (N-methyl/N-ethyl adjacent to an activating group) is 1. The van der Waals surface area contributed by atoms with Crippen LogP contribution in [0.5, 0.6) is 0 Å². The van der Waals surface area contributed by atoms with E-state index in [2.05, 4.69) is 59.1 Å². The van der Waals surface area contributed by atoms with Gasteiger partial charge in [0.15, 0.2) is 6.23 Å². The summed E-state index contributed by atoms with van der Waals surface area (Å²) in [5.41, 5.74) is 4.63. The minimum Gasteiger partial charge on any atom is -0.372 e. The number of hydrazine groups is 1. The van der Waals surface area contributed by atoms with Crippen LogP contribution >= 0.6 is 0 Å². The molecule has 8 heteroatoms. The Balaban J connectivity index is 1.47. The Labute approximate surface area is 218 Å². The second-order valence-electron chi connectivity index (χ2n) is 10.6. The van der Waals surface area contributed by atoms with Gasteiger partial charge < -0.3 is 15.3 Å². The molecule has 5 rings (SSSR count). The van der Waals surface area contributed by atoms with Crippen LogP contribution in [0.2, 0.25) is 0 Å².